The first-order valence-corrected chi connectivity index (χ1v) is 6.13. The molecule has 0 radical (unpaired) electrons. The summed E-state index contributed by atoms with van der Waals surface area (Å²) in [6.45, 7) is 5.31. The minimum Gasteiger partial charge on any atom is -0.370 e. The highest BCUT2D eigenvalue weighted by molar-refractivity contribution is 8.14. The summed E-state index contributed by atoms with van der Waals surface area (Å²) in [6.07, 6.45) is 4.38. The second kappa shape index (κ2) is 8.53. The van der Waals surface area contributed by atoms with Gasteiger partial charge in [-0.2, -0.15) is 0 Å². The maximum absolute atomic E-state index is 11.1. The third-order valence-corrected chi connectivity index (χ3v) is 3.00. The molecule has 0 saturated carbocycles. The fraction of sp³-hybridized carbons (Fsp3) is 0.636. The van der Waals surface area contributed by atoms with E-state index < -0.39 is 0 Å². The van der Waals surface area contributed by atoms with Crippen molar-refractivity contribution in [1.29, 1.82) is 0 Å². The van der Waals surface area contributed by atoms with E-state index in [-0.39, 0.29) is 11.0 Å². The van der Waals surface area contributed by atoms with E-state index in [1.54, 1.807) is 6.92 Å². The second-order valence-electron chi connectivity index (χ2n) is 3.55. The lowest BCUT2D eigenvalue weighted by Crippen LogP contribution is -2.09. The number of carbonyl (C=O) groups excluding carboxylic acids is 2. The molecule has 0 rings (SSSR count). The number of nitrogens with two attached hydrogens (primary N) is 1. The summed E-state index contributed by atoms with van der Waals surface area (Å²) < 4.78 is 0. The Bertz CT molecular complexity index is 239. The molecular weight excluding hydrogens is 210 g/mol. The van der Waals surface area contributed by atoms with Crippen molar-refractivity contribution in [2.24, 2.45) is 5.73 Å². The van der Waals surface area contributed by atoms with Crippen LogP contribution in [0.3, 0.4) is 0 Å². The van der Waals surface area contributed by atoms with Crippen LogP contribution in [0.1, 0.15) is 39.0 Å². The zero-order chi connectivity index (χ0) is 11.7. The van der Waals surface area contributed by atoms with Gasteiger partial charge in [-0.05, 0) is 25.3 Å². The Morgan fingerprint density at radius 2 is 1.80 bits per heavy atom. The average molecular weight is 229 g/mol. The number of rotatable bonds is 8. The van der Waals surface area contributed by atoms with Gasteiger partial charge in [-0.1, -0.05) is 31.2 Å². The lowest BCUT2D eigenvalue weighted by atomic mass is 10.1. The Balaban J connectivity index is 3.22. The second-order valence-corrected chi connectivity index (χ2v) is 4.61. The topological polar surface area (TPSA) is 60.2 Å². The van der Waals surface area contributed by atoms with E-state index in [0.29, 0.717) is 12.0 Å². The molecule has 0 aliphatic rings. The predicted molar refractivity (Wildman–Crippen MR) is 64.6 cm³/mol. The highest BCUT2D eigenvalue weighted by Crippen LogP contribution is 2.12. The highest BCUT2D eigenvalue weighted by Gasteiger charge is 2.02. The van der Waals surface area contributed by atoms with E-state index in [1.807, 2.05) is 0 Å². The lowest BCUT2D eigenvalue weighted by Gasteiger charge is -2.00. The van der Waals surface area contributed by atoms with Crippen LogP contribution >= 0.6 is 11.8 Å². The first-order chi connectivity index (χ1) is 7.04. The van der Waals surface area contributed by atoms with E-state index in [0.717, 1.165) is 31.4 Å². The molecule has 86 valence electrons. The van der Waals surface area contributed by atoms with E-state index in [4.69, 9.17) is 5.73 Å². The van der Waals surface area contributed by atoms with Crippen LogP contribution in [0.4, 0.5) is 0 Å². The van der Waals surface area contributed by atoms with Crippen LogP contribution in [-0.2, 0) is 9.59 Å². The minimum atomic E-state index is -0.234. The molecule has 0 aromatic rings. The Kier molecular flexibility index (Phi) is 8.09. The van der Waals surface area contributed by atoms with Crippen LogP contribution < -0.4 is 5.73 Å². The van der Waals surface area contributed by atoms with E-state index >= 15 is 0 Å². The molecule has 0 aromatic heterocycles. The van der Waals surface area contributed by atoms with Crippen LogP contribution in [-0.4, -0.2) is 16.8 Å². The molecule has 4 heteroatoms. The predicted octanol–water partition coefficient (Wildman–Crippen LogP) is 2.26. The number of hydrogen-bond acceptors (Lipinski definition) is 3. The molecule has 0 aliphatic carbocycles. The average Bonchev–Trinajstić information content (AvgIpc) is 2.15. The minimum absolute atomic E-state index is 0.0761. The molecule has 0 bridgehead atoms. The van der Waals surface area contributed by atoms with Gasteiger partial charge in [0.05, 0.1) is 0 Å². The highest BCUT2D eigenvalue weighted by atomic mass is 32.2. The SMILES string of the molecule is C=C(C)C(=O)SCCCCCCC(N)=O. The smallest absolute Gasteiger partial charge is 0.217 e. The van der Waals surface area contributed by atoms with Crippen LogP contribution in [0.25, 0.3) is 0 Å². The van der Waals surface area contributed by atoms with Crippen LogP contribution in [0.5, 0.6) is 0 Å². The number of unbranched alkanes of at least 4 members (excludes halogenated alkanes) is 3. The van der Waals surface area contributed by atoms with Gasteiger partial charge in [0.25, 0.3) is 0 Å². The molecule has 1 amide bonds. The number of primary amides is 1. The van der Waals surface area contributed by atoms with Gasteiger partial charge in [0.15, 0.2) is 0 Å². The molecule has 0 unspecified atom stereocenters. The van der Waals surface area contributed by atoms with Crippen LogP contribution in [0.15, 0.2) is 12.2 Å². The van der Waals surface area contributed by atoms with Crippen molar-refractivity contribution in [2.45, 2.75) is 39.0 Å². The molecule has 15 heavy (non-hydrogen) atoms. The van der Waals surface area contributed by atoms with E-state index in [2.05, 4.69) is 6.58 Å². The molecular formula is C11H19NO2S. The Morgan fingerprint density at radius 3 is 2.33 bits per heavy atom. The van der Waals surface area contributed by atoms with Crippen molar-refractivity contribution >= 4 is 22.8 Å². The number of amides is 1. The summed E-state index contributed by atoms with van der Waals surface area (Å²) in [5.41, 5.74) is 5.61. The summed E-state index contributed by atoms with van der Waals surface area (Å²) in [5, 5.41) is 0.0761. The van der Waals surface area contributed by atoms with Crippen molar-refractivity contribution in [2.75, 3.05) is 5.75 Å². The molecule has 0 aromatic carbocycles. The zero-order valence-corrected chi connectivity index (χ0v) is 10.1. The van der Waals surface area contributed by atoms with E-state index in [1.165, 1.54) is 11.8 Å². The van der Waals surface area contributed by atoms with Crippen molar-refractivity contribution < 1.29 is 9.59 Å². The van der Waals surface area contributed by atoms with Gasteiger partial charge in [-0.3, -0.25) is 9.59 Å². The molecule has 0 saturated heterocycles. The summed E-state index contributed by atoms with van der Waals surface area (Å²) in [5.74, 6) is 0.601. The monoisotopic (exact) mass is 229 g/mol. The third kappa shape index (κ3) is 9.53. The summed E-state index contributed by atoms with van der Waals surface area (Å²) in [7, 11) is 0. The van der Waals surface area contributed by atoms with Crippen molar-refractivity contribution in [1.82, 2.24) is 0 Å². The molecule has 0 fully saturated rings. The zero-order valence-electron chi connectivity index (χ0n) is 9.25. The van der Waals surface area contributed by atoms with Gasteiger partial charge in [0.2, 0.25) is 11.0 Å². The van der Waals surface area contributed by atoms with Gasteiger partial charge in [0.1, 0.15) is 0 Å². The van der Waals surface area contributed by atoms with Crippen LogP contribution in [0, 0.1) is 0 Å². The fourth-order valence-corrected chi connectivity index (χ4v) is 1.82. The normalized spacial score (nSPS) is 9.93. The molecule has 3 nitrogen and oxygen atoms in total. The first kappa shape index (κ1) is 14.2. The quantitative estimate of drug-likeness (QED) is 0.513. The van der Waals surface area contributed by atoms with Gasteiger partial charge in [-0.15, -0.1) is 0 Å². The molecule has 0 aliphatic heterocycles. The molecule has 0 heterocycles. The maximum Gasteiger partial charge on any atom is 0.217 e. The van der Waals surface area contributed by atoms with E-state index in [9.17, 15) is 9.59 Å². The molecule has 0 spiro atoms. The van der Waals surface area contributed by atoms with Gasteiger partial charge < -0.3 is 5.73 Å². The fourth-order valence-electron chi connectivity index (χ4n) is 1.04. The van der Waals surface area contributed by atoms with Gasteiger partial charge in [-0.25, -0.2) is 0 Å². The summed E-state index contributed by atoms with van der Waals surface area (Å²) in [4.78, 5) is 21.5. The molecule has 0 atom stereocenters. The molecule has 2 N–H and O–H groups in total. The van der Waals surface area contributed by atoms with Gasteiger partial charge in [0, 0.05) is 12.2 Å². The van der Waals surface area contributed by atoms with Crippen molar-refractivity contribution in [3.05, 3.63) is 12.2 Å². The number of thioether (sulfide) groups is 1. The largest absolute Gasteiger partial charge is 0.370 e. The third-order valence-electron chi connectivity index (χ3n) is 1.90. The number of carbonyl (C=O) groups is 2. The first-order valence-electron chi connectivity index (χ1n) is 5.15. The van der Waals surface area contributed by atoms with Crippen molar-refractivity contribution in [3.63, 3.8) is 0 Å². The van der Waals surface area contributed by atoms with Crippen LogP contribution in [0.2, 0.25) is 0 Å². The summed E-state index contributed by atoms with van der Waals surface area (Å²) in [6, 6.07) is 0. The number of hydrogen-bond donors (Lipinski definition) is 1. The maximum atomic E-state index is 11.1. The van der Waals surface area contributed by atoms with Gasteiger partial charge >= 0.3 is 0 Å². The Hall–Kier alpha value is -0.770. The Labute approximate surface area is 95.5 Å². The standard InChI is InChI=1S/C11H19NO2S/c1-9(2)11(14)15-8-6-4-3-5-7-10(12)13/h1,3-8H2,2H3,(H2,12,13). The van der Waals surface area contributed by atoms with Crippen molar-refractivity contribution in [3.8, 4) is 0 Å². The summed E-state index contributed by atoms with van der Waals surface area (Å²) >= 11 is 1.32. The lowest BCUT2D eigenvalue weighted by molar-refractivity contribution is -0.118. The Morgan fingerprint density at radius 1 is 1.20 bits per heavy atom.